The van der Waals surface area contributed by atoms with E-state index in [2.05, 4.69) is 25.0 Å². The van der Waals surface area contributed by atoms with Crippen LogP contribution in [0.1, 0.15) is 23.6 Å². The zero-order valence-electron chi connectivity index (χ0n) is 21.5. The molecule has 11 nitrogen and oxygen atoms in total. The van der Waals surface area contributed by atoms with Gasteiger partial charge in [0.25, 0.3) is 0 Å². The number of halogens is 3. The number of aliphatic imine (C=N–C) groups is 1. The van der Waals surface area contributed by atoms with Crippen LogP contribution in [0, 0.1) is 5.95 Å². The monoisotopic (exact) mass is 584 g/mol. The minimum Gasteiger partial charge on any atom is -0.493 e. The summed E-state index contributed by atoms with van der Waals surface area (Å²) in [6, 6.07) is 3.16. The number of aliphatic hydroxyl groups is 1. The van der Waals surface area contributed by atoms with E-state index in [4.69, 9.17) is 37.7 Å². The molecule has 5 heterocycles. The lowest BCUT2D eigenvalue weighted by atomic mass is 10.1. The minimum absolute atomic E-state index is 0.0923. The van der Waals surface area contributed by atoms with Gasteiger partial charge in [-0.25, -0.2) is 19.9 Å². The van der Waals surface area contributed by atoms with E-state index in [0.717, 1.165) is 12.1 Å². The number of rotatable bonds is 8. The number of H-pyrrole nitrogens is 1. The Kier molecular flexibility index (Phi) is 6.90. The third kappa shape index (κ3) is 4.67. The molecule has 0 saturated heterocycles. The second kappa shape index (κ2) is 10.5. The lowest BCUT2D eigenvalue weighted by Gasteiger charge is -2.14. The first kappa shape index (κ1) is 26.2. The molecule has 2 N–H and O–H groups in total. The number of nitrogens with zero attached hydrogens (tertiary/aromatic N) is 7. The third-order valence-corrected chi connectivity index (χ3v) is 7.13. The quantitative estimate of drug-likeness (QED) is 0.273. The Morgan fingerprint density at radius 1 is 1.07 bits per heavy atom. The van der Waals surface area contributed by atoms with Gasteiger partial charge in [0, 0.05) is 42.4 Å². The Balaban J connectivity index is 1.52. The molecule has 0 atom stereocenters. The van der Waals surface area contributed by atoms with Gasteiger partial charge in [-0.1, -0.05) is 23.2 Å². The van der Waals surface area contributed by atoms with Crippen LogP contribution >= 0.6 is 23.2 Å². The molecule has 0 saturated carbocycles. The number of methoxy groups -OCH3 is 2. The zero-order chi connectivity index (χ0) is 28.0. The molecule has 206 valence electrons. The molecule has 0 spiro atoms. The van der Waals surface area contributed by atoms with Crippen LogP contribution in [0.25, 0.3) is 28.2 Å². The van der Waals surface area contributed by atoms with Crippen LogP contribution in [0.5, 0.6) is 11.5 Å². The molecular formula is C26H23Cl2FN8O3. The highest BCUT2D eigenvalue weighted by molar-refractivity contribution is 6.65. The molecule has 0 radical (unpaired) electrons. The normalized spacial score (nSPS) is 13.0. The Hall–Kier alpha value is -4.00. The minimum atomic E-state index is -0.770. The Morgan fingerprint density at radius 3 is 2.65 bits per heavy atom. The van der Waals surface area contributed by atoms with Gasteiger partial charge in [-0.15, -0.1) is 0 Å². The van der Waals surface area contributed by atoms with Crippen molar-refractivity contribution in [1.82, 2.24) is 34.1 Å². The van der Waals surface area contributed by atoms with Crippen molar-refractivity contribution in [3.05, 3.63) is 58.9 Å². The first-order valence-corrected chi connectivity index (χ1v) is 13.1. The van der Waals surface area contributed by atoms with E-state index in [0.29, 0.717) is 63.6 Å². The number of aliphatic hydroxyl groups excluding tert-OH is 1. The van der Waals surface area contributed by atoms with E-state index in [1.165, 1.54) is 14.2 Å². The van der Waals surface area contributed by atoms with Crippen molar-refractivity contribution in [3.8, 4) is 34.0 Å². The first-order chi connectivity index (χ1) is 19.4. The second-order valence-corrected chi connectivity index (χ2v) is 9.92. The molecule has 0 aliphatic carbocycles. The predicted molar refractivity (Wildman–Crippen MR) is 147 cm³/mol. The van der Waals surface area contributed by atoms with Crippen LogP contribution in [0.3, 0.4) is 0 Å². The molecule has 40 heavy (non-hydrogen) atoms. The summed E-state index contributed by atoms with van der Waals surface area (Å²) in [5, 5.41) is 14.3. The summed E-state index contributed by atoms with van der Waals surface area (Å²) in [5.41, 5.74) is 3.17. The van der Waals surface area contributed by atoms with Gasteiger partial charge in [0.1, 0.15) is 22.4 Å². The maximum atomic E-state index is 15.9. The van der Waals surface area contributed by atoms with Crippen LogP contribution < -0.4 is 9.47 Å². The van der Waals surface area contributed by atoms with Crippen molar-refractivity contribution in [2.45, 2.75) is 25.8 Å². The fraction of sp³-hybridized carbons (Fsp3) is 0.269. The molecule has 1 aliphatic heterocycles. The van der Waals surface area contributed by atoms with Gasteiger partial charge in [-0.05, 0) is 12.5 Å². The molecule has 1 aliphatic rings. The summed E-state index contributed by atoms with van der Waals surface area (Å²) in [4.78, 5) is 21.3. The van der Waals surface area contributed by atoms with Crippen LogP contribution in [0.4, 0.5) is 10.2 Å². The lowest BCUT2D eigenvalue weighted by molar-refractivity contribution is 0.269. The molecule has 6 rings (SSSR count). The number of nitrogens with one attached hydrogen (secondary N) is 1. The number of hydrogen-bond acceptors (Lipinski definition) is 8. The van der Waals surface area contributed by atoms with Crippen molar-refractivity contribution in [3.63, 3.8) is 0 Å². The first-order valence-electron chi connectivity index (χ1n) is 12.3. The summed E-state index contributed by atoms with van der Waals surface area (Å²) in [7, 11) is 2.98. The van der Waals surface area contributed by atoms with E-state index < -0.39 is 5.95 Å². The van der Waals surface area contributed by atoms with Crippen molar-refractivity contribution >= 4 is 39.8 Å². The number of aryl methyl sites for hydroxylation is 1. The predicted octanol–water partition coefficient (Wildman–Crippen LogP) is 4.59. The van der Waals surface area contributed by atoms with E-state index in [1.54, 1.807) is 39.8 Å². The van der Waals surface area contributed by atoms with E-state index in [9.17, 15) is 5.11 Å². The highest BCUT2D eigenvalue weighted by atomic mass is 35.5. The van der Waals surface area contributed by atoms with Crippen molar-refractivity contribution in [1.29, 1.82) is 0 Å². The number of aromatic nitrogens is 7. The van der Waals surface area contributed by atoms with Gasteiger partial charge in [-0.2, -0.15) is 9.49 Å². The fourth-order valence-corrected chi connectivity index (χ4v) is 5.12. The van der Waals surface area contributed by atoms with Crippen molar-refractivity contribution in [2.75, 3.05) is 20.8 Å². The van der Waals surface area contributed by atoms with Crippen LogP contribution in [-0.2, 0) is 19.4 Å². The number of aromatic amines is 1. The summed E-state index contributed by atoms with van der Waals surface area (Å²) in [5.74, 6) is 1.24. The Labute approximate surface area is 237 Å². The van der Waals surface area contributed by atoms with Gasteiger partial charge in [0.05, 0.1) is 50.0 Å². The zero-order valence-corrected chi connectivity index (χ0v) is 23.0. The van der Waals surface area contributed by atoms with Gasteiger partial charge in [0.15, 0.2) is 23.0 Å². The molecular weight excluding hydrogens is 562 g/mol. The van der Waals surface area contributed by atoms with E-state index in [1.807, 2.05) is 0 Å². The SMILES string of the molecule is COc1cc(Cl)c(-c2c(F)nc(-c3cnn(CCO)c3)c3nc(Cc4nc5c([nH]4)CCC(Cl)=N5)cn23)cc1OC. The maximum Gasteiger partial charge on any atom is 0.238 e. The highest BCUT2D eigenvalue weighted by Crippen LogP contribution is 2.40. The maximum absolute atomic E-state index is 15.9. The van der Waals surface area contributed by atoms with Gasteiger partial charge in [0.2, 0.25) is 5.95 Å². The molecule has 14 heteroatoms. The summed E-state index contributed by atoms with van der Waals surface area (Å²) in [6.07, 6.45) is 6.65. The number of imidazole rings is 2. The summed E-state index contributed by atoms with van der Waals surface area (Å²) >= 11 is 12.7. The summed E-state index contributed by atoms with van der Waals surface area (Å²) in [6.45, 7) is 0.193. The Bertz CT molecular complexity index is 1780. The smallest absolute Gasteiger partial charge is 0.238 e. The highest BCUT2D eigenvalue weighted by Gasteiger charge is 2.24. The lowest BCUT2D eigenvalue weighted by Crippen LogP contribution is -2.03. The number of ether oxygens (including phenoxy) is 2. The average molecular weight is 585 g/mol. The fourth-order valence-electron chi connectivity index (χ4n) is 4.71. The van der Waals surface area contributed by atoms with Gasteiger partial charge in [-0.3, -0.25) is 9.08 Å². The standard InChI is InChI=1S/C26H23Cl2FN8O3/c1-39-18-8-15(16(27)9-19(18)40-2)23-24(29)35-22(13-10-30-36(11-13)5-6-38)26-31-14(12-37(23)26)7-21-32-17-3-4-20(28)33-25(17)34-21/h8-12,38H,3-7H2,1-2H3,(H,32,34). The second-order valence-electron chi connectivity index (χ2n) is 9.08. The molecule has 0 bridgehead atoms. The average Bonchev–Trinajstić information content (AvgIpc) is 3.67. The van der Waals surface area contributed by atoms with Crippen LogP contribution in [-0.4, -0.2) is 65.2 Å². The molecule has 0 amide bonds. The Morgan fingerprint density at radius 2 is 1.88 bits per heavy atom. The molecule has 4 aromatic heterocycles. The molecule has 0 unspecified atom stereocenters. The summed E-state index contributed by atoms with van der Waals surface area (Å²) < 4.78 is 29.9. The van der Waals surface area contributed by atoms with E-state index >= 15 is 4.39 Å². The van der Waals surface area contributed by atoms with Crippen molar-refractivity contribution < 1.29 is 19.0 Å². The molecule has 1 aromatic carbocycles. The number of benzene rings is 1. The molecule has 0 fully saturated rings. The van der Waals surface area contributed by atoms with Gasteiger partial charge < -0.3 is 19.6 Å². The van der Waals surface area contributed by atoms with E-state index in [-0.39, 0.29) is 29.6 Å². The number of fused-ring (bicyclic) bond motifs is 2. The molecule has 5 aromatic rings. The topological polar surface area (TPSA) is 128 Å². The van der Waals surface area contributed by atoms with Gasteiger partial charge >= 0.3 is 0 Å². The largest absolute Gasteiger partial charge is 0.493 e. The third-order valence-electron chi connectivity index (χ3n) is 6.54. The van der Waals surface area contributed by atoms with Crippen molar-refractivity contribution in [2.24, 2.45) is 4.99 Å². The number of hydrogen-bond donors (Lipinski definition) is 2. The van der Waals surface area contributed by atoms with Crippen LogP contribution in [0.2, 0.25) is 5.02 Å². The van der Waals surface area contributed by atoms with Crippen LogP contribution in [0.15, 0.2) is 35.7 Å².